The minimum atomic E-state index is -0.763. The molecule has 0 saturated heterocycles. The monoisotopic (exact) mass is 455 g/mol. The van der Waals surface area contributed by atoms with Crippen molar-refractivity contribution in [2.24, 2.45) is 0 Å². The van der Waals surface area contributed by atoms with Crippen LogP contribution in [0.25, 0.3) is 10.8 Å². The number of unbranched alkanes of at least 4 members (excludes halogenated alkanes) is 3. The molecule has 2 aromatic carbocycles. The van der Waals surface area contributed by atoms with Crippen LogP contribution in [0.15, 0.2) is 47.3 Å². The molecule has 0 spiro atoms. The Morgan fingerprint density at radius 1 is 1.06 bits per heavy atom. The highest BCUT2D eigenvalue weighted by molar-refractivity contribution is 6.31. The molecule has 0 saturated carbocycles. The van der Waals surface area contributed by atoms with E-state index in [0.29, 0.717) is 28.0 Å². The average molecular weight is 456 g/mol. The Morgan fingerprint density at radius 3 is 2.56 bits per heavy atom. The summed E-state index contributed by atoms with van der Waals surface area (Å²) >= 11 is 6.07. The molecule has 3 rings (SSSR count). The zero-order valence-electron chi connectivity index (χ0n) is 18.2. The fourth-order valence-corrected chi connectivity index (χ4v) is 3.53. The number of carbonyl (C=O) groups excluding carboxylic acids is 2. The maximum atomic E-state index is 12.8. The summed E-state index contributed by atoms with van der Waals surface area (Å²) in [6.07, 6.45) is 3.90. The second-order valence-electron chi connectivity index (χ2n) is 7.52. The first-order chi connectivity index (χ1) is 15.4. The molecule has 1 amide bonds. The minimum absolute atomic E-state index is 0.0161. The quantitative estimate of drug-likeness (QED) is 0.372. The highest BCUT2D eigenvalue weighted by Gasteiger charge is 2.19. The van der Waals surface area contributed by atoms with Crippen molar-refractivity contribution in [1.29, 1.82) is 0 Å². The number of anilines is 1. The maximum absolute atomic E-state index is 12.8. The van der Waals surface area contributed by atoms with E-state index in [1.54, 1.807) is 49.4 Å². The molecule has 0 aliphatic heterocycles. The summed E-state index contributed by atoms with van der Waals surface area (Å²) in [6, 6.07) is 11.9. The summed E-state index contributed by atoms with van der Waals surface area (Å²) in [5, 5.41) is 8.26. The number of aromatic nitrogens is 2. The predicted molar refractivity (Wildman–Crippen MR) is 125 cm³/mol. The van der Waals surface area contributed by atoms with Crippen LogP contribution in [-0.4, -0.2) is 28.3 Å². The molecule has 8 heteroatoms. The Morgan fingerprint density at radius 2 is 1.81 bits per heavy atom. The van der Waals surface area contributed by atoms with Gasteiger partial charge in [-0.25, -0.2) is 9.48 Å². The van der Waals surface area contributed by atoms with Gasteiger partial charge in [-0.1, -0.05) is 62.1 Å². The summed E-state index contributed by atoms with van der Waals surface area (Å²) in [5.74, 6) is -1.26. The van der Waals surface area contributed by atoms with Crippen LogP contribution in [-0.2, 0) is 16.1 Å². The third kappa shape index (κ3) is 5.53. The maximum Gasteiger partial charge on any atom is 0.359 e. The number of halogens is 1. The van der Waals surface area contributed by atoms with Crippen molar-refractivity contribution in [1.82, 2.24) is 9.78 Å². The lowest BCUT2D eigenvalue weighted by Gasteiger charge is -2.12. The predicted octanol–water partition coefficient (Wildman–Crippen LogP) is 4.73. The number of hydrogen-bond acceptors (Lipinski definition) is 5. The van der Waals surface area contributed by atoms with E-state index in [1.807, 2.05) is 0 Å². The number of fused-ring (bicyclic) bond motifs is 1. The zero-order chi connectivity index (χ0) is 23.1. The molecule has 3 aromatic rings. The van der Waals surface area contributed by atoms with E-state index < -0.39 is 18.5 Å². The van der Waals surface area contributed by atoms with E-state index in [0.717, 1.165) is 31.2 Å². The van der Waals surface area contributed by atoms with E-state index in [2.05, 4.69) is 17.3 Å². The van der Waals surface area contributed by atoms with Gasteiger partial charge in [-0.3, -0.25) is 9.59 Å². The van der Waals surface area contributed by atoms with Gasteiger partial charge in [-0.05, 0) is 37.1 Å². The highest BCUT2D eigenvalue weighted by Crippen LogP contribution is 2.23. The molecular weight excluding hydrogens is 430 g/mol. The number of aryl methyl sites for hydroxylation is 1. The molecular formula is C24H26ClN3O4. The third-order valence-corrected chi connectivity index (χ3v) is 5.57. The number of ether oxygens (including phenoxy) is 1. The van der Waals surface area contributed by atoms with Crippen LogP contribution in [0.3, 0.4) is 0 Å². The van der Waals surface area contributed by atoms with Gasteiger partial charge in [0.1, 0.15) is 0 Å². The Balaban J connectivity index is 1.76. The summed E-state index contributed by atoms with van der Waals surface area (Å²) in [6.45, 7) is 3.82. The lowest BCUT2D eigenvalue weighted by Crippen LogP contribution is -2.28. The molecule has 7 nitrogen and oxygen atoms in total. The summed E-state index contributed by atoms with van der Waals surface area (Å²) in [5.41, 5.74) is 1.03. The lowest BCUT2D eigenvalue weighted by molar-refractivity contribution is -0.119. The second kappa shape index (κ2) is 10.9. The molecule has 1 aromatic heterocycles. The zero-order valence-corrected chi connectivity index (χ0v) is 18.9. The van der Waals surface area contributed by atoms with E-state index in [-0.39, 0.29) is 11.3 Å². The summed E-state index contributed by atoms with van der Waals surface area (Å²) < 4.78 is 6.53. The van der Waals surface area contributed by atoms with Gasteiger partial charge in [0.2, 0.25) is 0 Å². The number of esters is 1. The Kier molecular flexibility index (Phi) is 8.00. The molecule has 1 heterocycles. The summed E-state index contributed by atoms with van der Waals surface area (Å²) in [4.78, 5) is 37.8. The Hall–Kier alpha value is -3.19. The van der Waals surface area contributed by atoms with E-state index >= 15 is 0 Å². The van der Waals surface area contributed by atoms with Gasteiger partial charge in [-0.2, -0.15) is 5.10 Å². The summed E-state index contributed by atoms with van der Waals surface area (Å²) in [7, 11) is 0. The topological polar surface area (TPSA) is 90.3 Å². The first-order valence-electron chi connectivity index (χ1n) is 10.6. The SMILES string of the molecule is CCCCCCn1nc(C(=O)OCC(=O)Nc2cccc(Cl)c2C)c2ccccc2c1=O. The van der Waals surface area contributed by atoms with Crippen LogP contribution < -0.4 is 10.9 Å². The van der Waals surface area contributed by atoms with Crippen molar-refractivity contribution >= 4 is 39.9 Å². The van der Waals surface area contributed by atoms with Crippen molar-refractivity contribution in [3.05, 3.63) is 69.1 Å². The van der Waals surface area contributed by atoms with Gasteiger partial charge < -0.3 is 10.1 Å². The molecule has 0 aliphatic rings. The van der Waals surface area contributed by atoms with Crippen molar-refractivity contribution in [2.75, 3.05) is 11.9 Å². The standard InChI is InChI=1S/C24H26ClN3O4/c1-3-4-5-8-14-28-23(30)18-11-7-6-10-17(18)22(27-28)24(31)32-15-21(29)26-20-13-9-12-19(25)16(20)2/h6-7,9-13H,3-5,8,14-15H2,1-2H3,(H,26,29). The van der Waals surface area contributed by atoms with Gasteiger partial charge in [0, 0.05) is 22.6 Å². The average Bonchev–Trinajstić information content (AvgIpc) is 2.79. The molecule has 0 radical (unpaired) electrons. The van der Waals surface area contributed by atoms with Gasteiger partial charge in [0.05, 0.1) is 5.39 Å². The fourth-order valence-electron chi connectivity index (χ4n) is 3.35. The van der Waals surface area contributed by atoms with E-state index in [1.165, 1.54) is 4.68 Å². The lowest BCUT2D eigenvalue weighted by atomic mass is 10.1. The Labute approximate surface area is 191 Å². The number of nitrogens with one attached hydrogen (secondary N) is 1. The molecule has 168 valence electrons. The van der Waals surface area contributed by atoms with Crippen LogP contribution in [0.4, 0.5) is 5.69 Å². The molecule has 0 aliphatic carbocycles. The van der Waals surface area contributed by atoms with Gasteiger partial charge in [0.15, 0.2) is 12.3 Å². The molecule has 0 bridgehead atoms. The van der Waals surface area contributed by atoms with Crippen molar-refractivity contribution in [3.8, 4) is 0 Å². The Bertz CT molecular complexity index is 1190. The number of carbonyl (C=O) groups is 2. The highest BCUT2D eigenvalue weighted by atomic mass is 35.5. The van der Waals surface area contributed by atoms with Crippen molar-refractivity contribution < 1.29 is 14.3 Å². The molecule has 32 heavy (non-hydrogen) atoms. The van der Waals surface area contributed by atoms with Crippen LogP contribution >= 0.6 is 11.6 Å². The third-order valence-electron chi connectivity index (χ3n) is 5.16. The van der Waals surface area contributed by atoms with Crippen LogP contribution in [0.2, 0.25) is 5.02 Å². The van der Waals surface area contributed by atoms with E-state index in [4.69, 9.17) is 16.3 Å². The number of benzene rings is 2. The van der Waals surface area contributed by atoms with E-state index in [9.17, 15) is 14.4 Å². The molecule has 1 N–H and O–H groups in total. The van der Waals surface area contributed by atoms with Crippen molar-refractivity contribution in [3.63, 3.8) is 0 Å². The number of hydrogen-bond donors (Lipinski definition) is 1. The fraction of sp³-hybridized carbons (Fsp3) is 0.333. The molecule has 0 unspecified atom stereocenters. The minimum Gasteiger partial charge on any atom is -0.451 e. The normalized spacial score (nSPS) is 10.8. The van der Waals surface area contributed by atoms with Crippen LogP contribution in [0, 0.1) is 6.92 Å². The van der Waals surface area contributed by atoms with Crippen molar-refractivity contribution in [2.45, 2.75) is 46.1 Å². The van der Waals surface area contributed by atoms with Gasteiger partial charge in [0.25, 0.3) is 11.5 Å². The molecule has 0 fully saturated rings. The first-order valence-corrected chi connectivity index (χ1v) is 11.0. The molecule has 0 atom stereocenters. The number of amides is 1. The number of rotatable bonds is 9. The van der Waals surface area contributed by atoms with Gasteiger partial charge >= 0.3 is 5.97 Å². The first kappa shape index (κ1) is 23.5. The van der Waals surface area contributed by atoms with Crippen LogP contribution in [0.1, 0.15) is 48.7 Å². The second-order valence-corrected chi connectivity index (χ2v) is 7.93. The van der Waals surface area contributed by atoms with Gasteiger partial charge in [-0.15, -0.1) is 0 Å². The number of nitrogens with zero attached hydrogens (tertiary/aromatic N) is 2. The largest absolute Gasteiger partial charge is 0.451 e. The van der Waals surface area contributed by atoms with Crippen LogP contribution in [0.5, 0.6) is 0 Å². The smallest absolute Gasteiger partial charge is 0.359 e.